The highest BCUT2D eigenvalue weighted by Gasteiger charge is 2.13. The second-order valence-corrected chi connectivity index (χ2v) is 3.80. The van der Waals surface area contributed by atoms with E-state index in [2.05, 4.69) is 10.3 Å². The van der Waals surface area contributed by atoms with Gasteiger partial charge in [-0.25, -0.2) is 9.37 Å². The van der Waals surface area contributed by atoms with Gasteiger partial charge in [-0.2, -0.15) is 8.78 Å². The van der Waals surface area contributed by atoms with Gasteiger partial charge in [-0.3, -0.25) is 14.7 Å². The first-order valence-corrected chi connectivity index (χ1v) is 5.46. The van der Waals surface area contributed by atoms with Crippen molar-refractivity contribution < 1.29 is 18.1 Å². The van der Waals surface area contributed by atoms with Gasteiger partial charge in [0.15, 0.2) is 5.82 Å². The van der Waals surface area contributed by atoms with Crippen molar-refractivity contribution >= 4 is 11.4 Å². The molecule has 106 valence electrons. The van der Waals surface area contributed by atoms with E-state index in [1.807, 2.05) is 0 Å². The van der Waals surface area contributed by atoms with Crippen LogP contribution in [0.3, 0.4) is 0 Å². The monoisotopic (exact) mass is 286 g/mol. The van der Waals surface area contributed by atoms with Crippen LogP contribution < -0.4 is 5.32 Å². The number of imidazole rings is 1. The second kappa shape index (κ2) is 5.59. The minimum atomic E-state index is -2.74. The number of aromatic nitrogens is 2. The number of nitro groups is 1. The Morgan fingerprint density at radius 3 is 2.80 bits per heavy atom. The van der Waals surface area contributed by atoms with Crippen LogP contribution in [0.25, 0.3) is 0 Å². The van der Waals surface area contributed by atoms with Crippen molar-refractivity contribution in [1.29, 1.82) is 0 Å². The zero-order valence-corrected chi connectivity index (χ0v) is 9.96. The van der Waals surface area contributed by atoms with Crippen LogP contribution in [0.4, 0.5) is 24.5 Å². The highest BCUT2D eigenvalue weighted by atomic mass is 19.3. The molecule has 0 spiro atoms. The lowest BCUT2D eigenvalue weighted by molar-refractivity contribution is -0.385. The van der Waals surface area contributed by atoms with Gasteiger partial charge in [-0.1, -0.05) is 0 Å². The van der Waals surface area contributed by atoms with Gasteiger partial charge in [0.1, 0.15) is 5.82 Å². The van der Waals surface area contributed by atoms with E-state index >= 15 is 0 Å². The number of rotatable bonds is 5. The molecular weight excluding hydrogens is 277 g/mol. The summed E-state index contributed by atoms with van der Waals surface area (Å²) in [7, 11) is 0. The summed E-state index contributed by atoms with van der Waals surface area (Å²) in [6.45, 7) is -2.87. The summed E-state index contributed by atoms with van der Waals surface area (Å²) in [5.74, 6) is -0.813. The van der Waals surface area contributed by atoms with Crippen LogP contribution in [0.1, 0.15) is 12.4 Å². The van der Waals surface area contributed by atoms with Gasteiger partial charge in [0.25, 0.3) is 5.69 Å². The van der Waals surface area contributed by atoms with Gasteiger partial charge in [0, 0.05) is 18.5 Å². The summed E-state index contributed by atoms with van der Waals surface area (Å²) in [5, 5.41) is 13.0. The minimum absolute atomic E-state index is 0.0257. The fourth-order valence-corrected chi connectivity index (χ4v) is 1.59. The molecule has 1 N–H and O–H groups in total. The van der Waals surface area contributed by atoms with Crippen molar-refractivity contribution in [3.63, 3.8) is 0 Å². The fourth-order valence-electron chi connectivity index (χ4n) is 1.59. The molecule has 0 fully saturated rings. The molecule has 1 aromatic carbocycles. The lowest BCUT2D eigenvalue weighted by Gasteiger charge is -2.09. The zero-order valence-electron chi connectivity index (χ0n) is 9.96. The van der Waals surface area contributed by atoms with E-state index in [-0.39, 0.29) is 23.7 Å². The Hall–Kier alpha value is -2.58. The predicted molar refractivity (Wildman–Crippen MR) is 63.9 cm³/mol. The Morgan fingerprint density at radius 1 is 1.45 bits per heavy atom. The lowest BCUT2D eigenvalue weighted by Crippen LogP contribution is -2.09. The van der Waals surface area contributed by atoms with Crippen LogP contribution in [0.5, 0.6) is 0 Å². The van der Waals surface area contributed by atoms with Gasteiger partial charge < -0.3 is 5.32 Å². The number of nitrogens with zero attached hydrogens (tertiary/aromatic N) is 3. The third-order valence-corrected chi connectivity index (χ3v) is 2.56. The number of non-ortho nitro benzene ring substituents is 1. The quantitative estimate of drug-likeness (QED) is 0.677. The maximum absolute atomic E-state index is 13.6. The van der Waals surface area contributed by atoms with E-state index in [0.717, 1.165) is 18.3 Å². The predicted octanol–water partition coefficient (Wildman–Crippen LogP) is 2.94. The molecule has 0 aliphatic rings. The van der Waals surface area contributed by atoms with Crippen LogP contribution in [-0.2, 0) is 6.54 Å². The lowest BCUT2D eigenvalue weighted by atomic mass is 10.2. The molecule has 0 aliphatic heterocycles. The molecule has 1 aromatic heterocycles. The summed E-state index contributed by atoms with van der Waals surface area (Å²) in [6.07, 6.45) is 2.31. The highest BCUT2D eigenvalue weighted by Crippen LogP contribution is 2.21. The summed E-state index contributed by atoms with van der Waals surface area (Å²) in [4.78, 5) is 13.4. The Morgan fingerprint density at radius 2 is 2.20 bits per heavy atom. The number of nitrogens with one attached hydrogen (secondary N) is 1. The maximum atomic E-state index is 13.6. The van der Waals surface area contributed by atoms with Gasteiger partial charge in [-0.15, -0.1) is 0 Å². The molecule has 1 heterocycles. The second-order valence-electron chi connectivity index (χ2n) is 3.80. The summed E-state index contributed by atoms with van der Waals surface area (Å²) in [6, 6.07) is 3.04. The molecule has 0 bridgehead atoms. The molecule has 0 radical (unpaired) electrons. The number of benzene rings is 1. The first-order valence-electron chi connectivity index (χ1n) is 5.46. The number of alkyl halides is 2. The molecule has 9 heteroatoms. The molecule has 2 rings (SSSR count). The van der Waals surface area contributed by atoms with Gasteiger partial charge in [0.2, 0.25) is 0 Å². The van der Waals surface area contributed by atoms with Crippen LogP contribution in [0, 0.1) is 15.9 Å². The number of anilines is 1. The molecule has 0 saturated carbocycles. The molecule has 0 saturated heterocycles. The first-order chi connectivity index (χ1) is 9.49. The van der Waals surface area contributed by atoms with Crippen molar-refractivity contribution in [2.75, 3.05) is 5.32 Å². The summed E-state index contributed by atoms with van der Waals surface area (Å²) < 4.78 is 39.3. The van der Waals surface area contributed by atoms with Gasteiger partial charge in [-0.05, 0) is 6.07 Å². The SMILES string of the molecule is O=[N+]([O-])c1ccc(NCc2nccn2C(F)F)c(F)c1. The van der Waals surface area contributed by atoms with Crippen molar-refractivity contribution in [3.05, 3.63) is 52.3 Å². The Balaban J connectivity index is 2.11. The van der Waals surface area contributed by atoms with E-state index in [1.165, 1.54) is 12.3 Å². The number of nitro benzene ring substituents is 1. The standard InChI is InChI=1S/C11H9F3N4O2/c12-8-5-7(18(19)20)1-2-9(8)16-6-10-15-3-4-17(10)11(13)14/h1-5,11,16H,6H2. The number of hydrogen-bond acceptors (Lipinski definition) is 4. The fraction of sp³-hybridized carbons (Fsp3) is 0.182. The van der Waals surface area contributed by atoms with Crippen molar-refractivity contribution in [1.82, 2.24) is 9.55 Å². The number of halogens is 3. The van der Waals surface area contributed by atoms with Gasteiger partial charge >= 0.3 is 6.55 Å². The summed E-state index contributed by atoms with van der Waals surface area (Å²) in [5.41, 5.74) is -0.415. The Bertz CT molecular complexity index is 630. The normalized spacial score (nSPS) is 10.8. The molecule has 6 nitrogen and oxygen atoms in total. The molecular formula is C11H9F3N4O2. The van der Waals surface area contributed by atoms with Crippen molar-refractivity contribution in [2.24, 2.45) is 0 Å². The molecule has 0 amide bonds. The third kappa shape index (κ3) is 2.87. The minimum Gasteiger partial charge on any atom is -0.375 e. The van der Waals surface area contributed by atoms with Crippen LogP contribution >= 0.6 is 0 Å². The smallest absolute Gasteiger partial charge is 0.319 e. The number of hydrogen-bond donors (Lipinski definition) is 1. The highest BCUT2D eigenvalue weighted by molar-refractivity contribution is 5.50. The van der Waals surface area contributed by atoms with Gasteiger partial charge in [0.05, 0.1) is 23.2 Å². The molecule has 0 unspecified atom stereocenters. The zero-order chi connectivity index (χ0) is 14.7. The Labute approximate surface area is 111 Å². The molecule has 2 aromatic rings. The Kier molecular flexibility index (Phi) is 3.87. The van der Waals surface area contributed by atoms with Crippen molar-refractivity contribution in [2.45, 2.75) is 13.1 Å². The van der Waals surface area contributed by atoms with E-state index in [4.69, 9.17) is 0 Å². The maximum Gasteiger partial charge on any atom is 0.319 e. The average Bonchev–Trinajstić information content (AvgIpc) is 2.85. The average molecular weight is 286 g/mol. The van der Waals surface area contributed by atoms with Crippen LogP contribution in [-0.4, -0.2) is 14.5 Å². The summed E-state index contributed by atoms with van der Waals surface area (Å²) >= 11 is 0. The topological polar surface area (TPSA) is 73.0 Å². The van der Waals surface area contributed by atoms with E-state index in [0.29, 0.717) is 4.57 Å². The van der Waals surface area contributed by atoms with Crippen LogP contribution in [0.15, 0.2) is 30.6 Å². The molecule has 0 atom stereocenters. The van der Waals surface area contributed by atoms with Crippen LogP contribution in [0.2, 0.25) is 0 Å². The first kappa shape index (κ1) is 13.8. The van der Waals surface area contributed by atoms with E-state index < -0.39 is 17.3 Å². The molecule has 20 heavy (non-hydrogen) atoms. The van der Waals surface area contributed by atoms with E-state index in [9.17, 15) is 23.3 Å². The largest absolute Gasteiger partial charge is 0.375 e. The third-order valence-electron chi connectivity index (χ3n) is 2.56. The van der Waals surface area contributed by atoms with Crippen molar-refractivity contribution in [3.8, 4) is 0 Å². The molecule has 0 aliphatic carbocycles. The van der Waals surface area contributed by atoms with E-state index in [1.54, 1.807) is 0 Å².